The zero-order valence-electron chi connectivity index (χ0n) is 8.38. The van der Waals surface area contributed by atoms with Gasteiger partial charge in [0.15, 0.2) is 5.76 Å². The summed E-state index contributed by atoms with van der Waals surface area (Å²) in [6, 6.07) is 5.34. The van der Waals surface area contributed by atoms with E-state index in [4.69, 9.17) is 39.2 Å². The van der Waals surface area contributed by atoms with Crippen LogP contribution in [0.5, 0.6) is 0 Å². The first-order valence-corrected chi connectivity index (χ1v) is 5.83. The van der Waals surface area contributed by atoms with Crippen molar-refractivity contribution in [1.29, 1.82) is 0 Å². The maximum Gasteiger partial charge on any atom is 0.212 e. The fraction of sp³-hybridized carbons (Fsp3) is 0.182. The number of rotatable bonds is 2. The Morgan fingerprint density at radius 1 is 1.31 bits per heavy atom. The summed E-state index contributed by atoms with van der Waals surface area (Å²) in [6.07, 6.45) is 1.59. The van der Waals surface area contributed by atoms with Crippen LogP contribution in [0.15, 0.2) is 28.8 Å². The standard InChI is InChI=1S/C11H8Cl3NO/c1-6(12)11-15-5-9(16-11)7-3-2-4-8(13)10(7)14/h2-6H,1H3. The number of nitrogens with zero attached hydrogens (tertiary/aromatic N) is 1. The molecule has 0 spiro atoms. The van der Waals surface area contributed by atoms with Gasteiger partial charge in [0, 0.05) is 5.56 Å². The summed E-state index contributed by atoms with van der Waals surface area (Å²) in [5, 5.41) is 0.664. The number of halogens is 3. The lowest BCUT2D eigenvalue weighted by molar-refractivity contribution is 0.508. The van der Waals surface area contributed by atoms with Gasteiger partial charge in [0.05, 0.1) is 16.2 Å². The van der Waals surface area contributed by atoms with Gasteiger partial charge in [0.1, 0.15) is 5.38 Å². The van der Waals surface area contributed by atoms with E-state index in [0.717, 1.165) is 0 Å². The molecule has 1 atom stereocenters. The highest BCUT2D eigenvalue weighted by Crippen LogP contribution is 2.34. The Balaban J connectivity index is 2.47. The third kappa shape index (κ3) is 2.19. The molecule has 2 rings (SSSR count). The van der Waals surface area contributed by atoms with Crippen molar-refractivity contribution < 1.29 is 4.42 Å². The number of alkyl halides is 1. The molecule has 0 aliphatic rings. The normalized spacial score (nSPS) is 12.8. The summed E-state index contributed by atoms with van der Waals surface area (Å²) in [5.74, 6) is 1.03. The second-order valence-corrected chi connectivity index (χ2v) is 4.72. The van der Waals surface area contributed by atoms with E-state index in [1.807, 2.05) is 6.07 Å². The summed E-state index contributed by atoms with van der Waals surface area (Å²) < 4.78 is 5.48. The van der Waals surface area contributed by atoms with Crippen LogP contribution in [-0.4, -0.2) is 4.98 Å². The van der Waals surface area contributed by atoms with Crippen molar-refractivity contribution in [3.05, 3.63) is 40.3 Å². The van der Waals surface area contributed by atoms with E-state index in [0.29, 0.717) is 27.3 Å². The Morgan fingerprint density at radius 2 is 2.06 bits per heavy atom. The number of hydrogen-bond acceptors (Lipinski definition) is 2. The minimum atomic E-state index is -0.272. The van der Waals surface area contributed by atoms with E-state index in [1.54, 1.807) is 25.3 Å². The number of aromatic nitrogens is 1. The van der Waals surface area contributed by atoms with Crippen molar-refractivity contribution in [3.63, 3.8) is 0 Å². The number of oxazole rings is 1. The van der Waals surface area contributed by atoms with Gasteiger partial charge in [-0.2, -0.15) is 0 Å². The number of benzene rings is 1. The maximum atomic E-state index is 6.06. The van der Waals surface area contributed by atoms with Crippen molar-refractivity contribution in [2.45, 2.75) is 12.3 Å². The van der Waals surface area contributed by atoms with Gasteiger partial charge in [0.2, 0.25) is 5.89 Å². The molecule has 2 nitrogen and oxygen atoms in total. The Morgan fingerprint density at radius 3 is 2.69 bits per heavy atom. The molecule has 0 aliphatic carbocycles. The van der Waals surface area contributed by atoms with Gasteiger partial charge >= 0.3 is 0 Å². The molecule has 2 aromatic rings. The molecule has 1 aromatic carbocycles. The molecule has 0 saturated heterocycles. The van der Waals surface area contributed by atoms with Gasteiger partial charge in [-0.25, -0.2) is 4.98 Å². The summed E-state index contributed by atoms with van der Waals surface area (Å²) in [7, 11) is 0. The van der Waals surface area contributed by atoms with Crippen LogP contribution >= 0.6 is 34.8 Å². The lowest BCUT2D eigenvalue weighted by Gasteiger charge is -2.01. The second-order valence-electron chi connectivity index (χ2n) is 3.28. The molecule has 5 heteroatoms. The molecule has 0 radical (unpaired) electrons. The highest BCUT2D eigenvalue weighted by Gasteiger charge is 2.14. The molecule has 0 amide bonds. The minimum absolute atomic E-state index is 0.272. The second kappa shape index (κ2) is 4.66. The van der Waals surface area contributed by atoms with E-state index in [9.17, 15) is 0 Å². The molecular weight excluding hydrogens is 268 g/mol. The summed E-state index contributed by atoms with van der Waals surface area (Å²) in [4.78, 5) is 4.06. The third-order valence-corrected chi connectivity index (χ3v) is 3.09. The van der Waals surface area contributed by atoms with E-state index in [2.05, 4.69) is 4.98 Å². The third-order valence-electron chi connectivity index (χ3n) is 2.08. The smallest absolute Gasteiger partial charge is 0.212 e. The van der Waals surface area contributed by atoms with Gasteiger partial charge in [-0.1, -0.05) is 29.3 Å². The molecule has 0 fully saturated rings. The zero-order chi connectivity index (χ0) is 11.7. The van der Waals surface area contributed by atoms with Crippen molar-refractivity contribution in [2.24, 2.45) is 0 Å². The first-order valence-electron chi connectivity index (χ1n) is 4.63. The molecule has 0 aliphatic heterocycles. The fourth-order valence-electron chi connectivity index (χ4n) is 1.29. The van der Waals surface area contributed by atoms with Crippen LogP contribution in [0.4, 0.5) is 0 Å². The molecule has 16 heavy (non-hydrogen) atoms. The van der Waals surface area contributed by atoms with Crippen LogP contribution in [0.1, 0.15) is 18.2 Å². The van der Waals surface area contributed by atoms with Crippen molar-refractivity contribution in [2.75, 3.05) is 0 Å². The molecule has 84 valence electrons. The monoisotopic (exact) mass is 275 g/mol. The van der Waals surface area contributed by atoms with Gasteiger partial charge < -0.3 is 4.42 Å². The van der Waals surface area contributed by atoms with Gasteiger partial charge in [-0.05, 0) is 19.1 Å². The van der Waals surface area contributed by atoms with Crippen molar-refractivity contribution >= 4 is 34.8 Å². The van der Waals surface area contributed by atoms with Gasteiger partial charge in [0.25, 0.3) is 0 Å². The summed E-state index contributed by atoms with van der Waals surface area (Å²) in [5.41, 5.74) is 0.713. The number of hydrogen-bond donors (Lipinski definition) is 0. The van der Waals surface area contributed by atoms with E-state index in [-0.39, 0.29) is 5.38 Å². The molecule has 0 bridgehead atoms. The van der Waals surface area contributed by atoms with E-state index >= 15 is 0 Å². The Kier molecular flexibility index (Phi) is 3.43. The first-order chi connectivity index (χ1) is 7.59. The molecular formula is C11H8Cl3NO. The van der Waals surface area contributed by atoms with Gasteiger partial charge in [-0.15, -0.1) is 11.6 Å². The first kappa shape index (κ1) is 11.8. The van der Waals surface area contributed by atoms with Crippen LogP contribution in [-0.2, 0) is 0 Å². The van der Waals surface area contributed by atoms with Crippen molar-refractivity contribution in [3.8, 4) is 11.3 Å². The van der Waals surface area contributed by atoms with Crippen LogP contribution < -0.4 is 0 Å². The molecule has 1 aromatic heterocycles. The zero-order valence-corrected chi connectivity index (χ0v) is 10.6. The molecule has 0 N–H and O–H groups in total. The fourth-order valence-corrected chi connectivity index (χ4v) is 1.78. The van der Waals surface area contributed by atoms with E-state index < -0.39 is 0 Å². The maximum absolute atomic E-state index is 6.06. The highest BCUT2D eigenvalue weighted by molar-refractivity contribution is 6.43. The van der Waals surface area contributed by atoms with Crippen LogP contribution in [0.3, 0.4) is 0 Å². The van der Waals surface area contributed by atoms with Crippen LogP contribution in [0.2, 0.25) is 10.0 Å². The van der Waals surface area contributed by atoms with E-state index in [1.165, 1.54) is 0 Å². The predicted octanol–water partition coefficient (Wildman–Crippen LogP) is 4.95. The topological polar surface area (TPSA) is 26.0 Å². The minimum Gasteiger partial charge on any atom is -0.439 e. The highest BCUT2D eigenvalue weighted by atomic mass is 35.5. The Hall–Kier alpha value is -0.700. The molecule has 1 unspecified atom stereocenters. The quantitative estimate of drug-likeness (QED) is 0.725. The van der Waals surface area contributed by atoms with Crippen LogP contribution in [0.25, 0.3) is 11.3 Å². The average molecular weight is 277 g/mol. The Bertz CT molecular complexity index is 508. The van der Waals surface area contributed by atoms with Crippen molar-refractivity contribution in [1.82, 2.24) is 4.98 Å². The Labute approximate surface area is 108 Å². The summed E-state index contributed by atoms with van der Waals surface area (Å²) in [6.45, 7) is 1.79. The molecule has 1 heterocycles. The lowest BCUT2D eigenvalue weighted by atomic mass is 10.2. The summed E-state index contributed by atoms with van der Waals surface area (Å²) >= 11 is 17.8. The van der Waals surface area contributed by atoms with Gasteiger partial charge in [-0.3, -0.25) is 0 Å². The largest absolute Gasteiger partial charge is 0.439 e. The van der Waals surface area contributed by atoms with Crippen LogP contribution in [0, 0.1) is 0 Å². The average Bonchev–Trinajstić information content (AvgIpc) is 2.71. The predicted molar refractivity (Wildman–Crippen MR) is 66.2 cm³/mol. The SMILES string of the molecule is CC(Cl)c1ncc(-c2cccc(Cl)c2Cl)o1. The lowest BCUT2D eigenvalue weighted by Crippen LogP contribution is -1.81. The molecule has 0 saturated carbocycles.